The molecular weight excluding hydrogens is 267 g/mol. The van der Waals surface area contributed by atoms with E-state index in [0.717, 1.165) is 12.1 Å². The molecule has 0 fully saturated rings. The molecule has 1 rings (SSSR count). The number of hydrogen-bond acceptors (Lipinski definition) is 2. The van der Waals surface area contributed by atoms with Crippen molar-refractivity contribution in [3.05, 3.63) is 29.3 Å². The van der Waals surface area contributed by atoms with Crippen molar-refractivity contribution >= 4 is 21.6 Å². The minimum Gasteiger partial charge on any atom is -0.207 e. The van der Waals surface area contributed by atoms with Gasteiger partial charge in [0.05, 0.1) is 4.90 Å². The van der Waals surface area contributed by atoms with Crippen molar-refractivity contribution in [2.24, 2.45) is 0 Å². The molecule has 0 spiro atoms. The Hall–Kier alpha value is -0.790. The van der Waals surface area contributed by atoms with Crippen LogP contribution in [-0.4, -0.2) is 21.1 Å². The maximum Gasteiger partial charge on any atom is 0.402 e. The molecule has 1 aromatic carbocycles. The normalized spacial score (nSPS) is 12.8. The molecule has 0 amide bonds. The van der Waals surface area contributed by atoms with Crippen LogP contribution in [0.15, 0.2) is 29.2 Å². The Kier molecular flexibility index (Phi) is 3.82. The summed E-state index contributed by atoms with van der Waals surface area (Å²) in [6.07, 6.45) is -4.59. The van der Waals surface area contributed by atoms with Gasteiger partial charge in [-0.3, -0.25) is 0 Å². The Bertz CT molecular complexity index is 472. The van der Waals surface area contributed by atoms with Crippen LogP contribution >= 0.6 is 11.6 Å². The van der Waals surface area contributed by atoms with Crippen LogP contribution in [0.3, 0.4) is 0 Å². The molecule has 0 radical (unpaired) electrons. The van der Waals surface area contributed by atoms with E-state index < -0.39 is 22.7 Å². The number of alkyl halides is 3. The summed E-state index contributed by atoms with van der Waals surface area (Å²) >= 11 is 5.53. The highest BCUT2D eigenvalue weighted by atomic mass is 35.5. The van der Waals surface area contributed by atoms with Crippen LogP contribution in [-0.2, 0) is 10.0 Å². The molecule has 0 saturated carbocycles. The highest BCUT2D eigenvalue weighted by molar-refractivity contribution is 7.89. The van der Waals surface area contributed by atoms with Crippen molar-refractivity contribution in [1.82, 2.24) is 4.72 Å². The van der Waals surface area contributed by atoms with Crippen molar-refractivity contribution in [1.29, 1.82) is 0 Å². The minimum atomic E-state index is -4.59. The zero-order chi connectivity index (χ0) is 12.4. The summed E-state index contributed by atoms with van der Waals surface area (Å²) < 4.78 is 59.6. The minimum absolute atomic E-state index is 0.134. The molecule has 1 N–H and O–H groups in total. The number of nitrogens with one attached hydrogen (secondary N) is 1. The lowest BCUT2D eigenvalue weighted by Gasteiger charge is -2.09. The van der Waals surface area contributed by atoms with Gasteiger partial charge in [0.1, 0.15) is 6.54 Å². The van der Waals surface area contributed by atoms with Crippen LogP contribution in [0.2, 0.25) is 5.02 Å². The maximum atomic E-state index is 11.8. The van der Waals surface area contributed by atoms with Gasteiger partial charge in [0, 0.05) is 5.02 Å². The summed E-state index contributed by atoms with van der Waals surface area (Å²) in [5, 5.41) is 0.134. The average Bonchev–Trinajstić information content (AvgIpc) is 2.14. The molecule has 16 heavy (non-hydrogen) atoms. The van der Waals surface area contributed by atoms with Crippen molar-refractivity contribution < 1.29 is 21.6 Å². The molecule has 0 bridgehead atoms. The molecule has 8 heteroatoms. The SMILES string of the molecule is O=S(=O)(NCC(F)(F)F)c1cccc(Cl)c1. The third-order valence-corrected chi connectivity index (χ3v) is 3.20. The lowest BCUT2D eigenvalue weighted by molar-refractivity contribution is -0.121. The topological polar surface area (TPSA) is 46.2 Å². The summed E-state index contributed by atoms with van der Waals surface area (Å²) in [4.78, 5) is -0.302. The van der Waals surface area contributed by atoms with Gasteiger partial charge in [0.25, 0.3) is 0 Å². The van der Waals surface area contributed by atoms with Gasteiger partial charge < -0.3 is 0 Å². The molecule has 0 aliphatic heterocycles. The number of rotatable bonds is 3. The van der Waals surface area contributed by atoms with E-state index in [-0.39, 0.29) is 9.92 Å². The Morgan fingerprint density at radius 2 is 1.94 bits per heavy atom. The molecule has 0 atom stereocenters. The number of sulfonamides is 1. The third kappa shape index (κ3) is 3.99. The van der Waals surface area contributed by atoms with Gasteiger partial charge in [0.15, 0.2) is 0 Å². The van der Waals surface area contributed by atoms with E-state index >= 15 is 0 Å². The van der Waals surface area contributed by atoms with E-state index in [4.69, 9.17) is 11.6 Å². The summed E-state index contributed by atoms with van der Waals surface area (Å²) in [5.74, 6) is 0. The fraction of sp³-hybridized carbons (Fsp3) is 0.250. The Balaban J connectivity index is 2.87. The van der Waals surface area contributed by atoms with E-state index in [2.05, 4.69) is 0 Å². The maximum absolute atomic E-state index is 11.8. The van der Waals surface area contributed by atoms with Crippen LogP contribution < -0.4 is 4.72 Å². The molecule has 0 aromatic heterocycles. The molecule has 0 unspecified atom stereocenters. The van der Waals surface area contributed by atoms with Crippen molar-refractivity contribution in [2.45, 2.75) is 11.1 Å². The molecule has 0 aliphatic rings. The van der Waals surface area contributed by atoms with Gasteiger partial charge in [-0.15, -0.1) is 0 Å². The van der Waals surface area contributed by atoms with Crippen LogP contribution in [0.1, 0.15) is 0 Å². The quantitative estimate of drug-likeness (QED) is 0.917. The molecule has 90 valence electrons. The molecule has 1 aromatic rings. The fourth-order valence-corrected chi connectivity index (χ4v) is 2.21. The van der Waals surface area contributed by atoms with Crippen molar-refractivity contribution in [3.8, 4) is 0 Å². The molecular formula is C8H7ClF3NO2S. The van der Waals surface area contributed by atoms with Crippen LogP contribution in [0.4, 0.5) is 13.2 Å². The van der Waals surface area contributed by atoms with Crippen molar-refractivity contribution in [3.63, 3.8) is 0 Å². The van der Waals surface area contributed by atoms with Gasteiger partial charge in [-0.1, -0.05) is 17.7 Å². The van der Waals surface area contributed by atoms with Gasteiger partial charge in [0.2, 0.25) is 10.0 Å². The van der Waals surface area contributed by atoms with Gasteiger partial charge >= 0.3 is 6.18 Å². The van der Waals surface area contributed by atoms with Gasteiger partial charge in [-0.2, -0.15) is 13.2 Å². The summed E-state index contributed by atoms with van der Waals surface area (Å²) in [7, 11) is -4.17. The zero-order valence-corrected chi connectivity index (χ0v) is 9.33. The highest BCUT2D eigenvalue weighted by Crippen LogP contribution is 2.17. The van der Waals surface area contributed by atoms with Gasteiger partial charge in [-0.05, 0) is 18.2 Å². The Morgan fingerprint density at radius 3 is 2.44 bits per heavy atom. The number of halogens is 4. The second-order valence-electron chi connectivity index (χ2n) is 2.90. The molecule has 0 aliphatic carbocycles. The number of hydrogen-bond donors (Lipinski definition) is 1. The average molecular weight is 274 g/mol. The first-order valence-corrected chi connectivity index (χ1v) is 5.89. The predicted octanol–water partition coefficient (Wildman–Crippen LogP) is 2.18. The predicted molar refractivity (Wildman–Crippen MR) is 52.7 cm³/mol. The van der Waals surface area contributed by atoms with E-state index in [1.165, 1.54) is 16.9 Å². The van der Waals surface area contributed by atoms with E-state index in [0.29, 0.717) is 0 Å². The van der Waals surface area contributed by atoms with Gasteiger partial charge in [-0.25, -0.2) is 13.1 Å². The Morgan fingerprint density at radius 1 is 1.31 bits per heavy atom. The van der Waals surface area contributed by atoms with Crippen molar-refractivity contribution in [2.75, 3.05) is 6.54 Å². The first-order chi connectivity index (χ1) is 7.21. The highest BCUT2D eigenvalue weighted by Gasteiger charge is 2.29. The van der Waals surface area contributed by atoms with Crippen LogP contribution in [0.5, 0.6) is 0 Å². The standard InChI is InChI=1S/C8H7ClF3NO2S/c9-6-2-1-3-7(4-6)16(14,15)13-5-8(10,11)12/h1-4,13H,5H2. The molecule has 0 heterocycles. The fourth-order valence-electron chi connectivity index (χ4n) is 0.894. The zero-order valence-electron chi connectivity index (χ0n) is 7.75. The molecule has 0 saturated heterocycles. The second kappa shape index (κ2) is 4.60. The van der Waals surface area contributed by atoms with Crippen LogP contribution in [0, 0.1) is 0 Å². The second-order valence-corrected chi connectivity index (χ2v) is 5.10. The number of benzene rings is 1. The largest absolute Gasteiger partial charge is 0.402 e. The summed E-state index contributed by atoms with van der Waals surface area (Å²) in [6.45, 7) is -1.61. The van der Waals surface area contributed by atoms with Crippen LogP contribution in [0.25, 0.3) is 0 Å². The summed E-state index contributed by atoms with van der Waals surface area (Å²) in [5.41, 5.74) is 0. The van der Waals surface area contributed by atoms with E-state index in [1.54, 1.807) is 0 Å². The summed E-state index contributed by atoms with van der Waals surface area (Å²) in [6, 6.07) is 4.99. The van der Waals surface area contributed by atoms with E-state index in [9.17, 15) is 21.6 Å². The monoisotopic (exact) mass is 273 g/mol. The van der Waals surface area contributed by atoms with E-state index in [1.807, 2.05) is 0 Å². The third-order valence-electron chi connectivity index (χ3n) is 1.57. The smallest absolute Gasteiger partial charge is 0.207 e. The lowest BCUT2D eigenvalue weighted by Crippen LogP contribution is -2.33. The molecule has 3 nitrogen and oxygen atoms in total. The lowest BCUT2D eigenvalue weighted by atomic mass is 10.4. The first-order valence-electron chi connectivity index (χ1n) is 4.03. The Labute approximate surface area is 95.3 Å². The first kappa shape index (κ1) is 13.3.